The number of H-pyrrole nitrogens is 1. The predicted molar refractivity (Wildman–Crippen MR) is 107 cm³/mol. The summed E-state index contributed by atoms with van der Waals surface area (Å²) in [4.78, 5) is 16.1. The van der Waals surface area contributed by atoms with Gasteiger partial charge in [-0.25, -0.2) is 9.98 Å². The van der Waals surface area contributed by atoms with Crippen LogP contribution >= 0.6 is 0 Å². The number of hydrogen-bond donors (Lipinski definition) is 3. The van der Waals surface area contributed by atoms with E-state index in [1.807, 2.05) is 18.2 Å². The molecule has 6 heteroatoms. The van der Waals surface area contributed by atoms with E-state index in [2.05, 4.69) is 46.0 Å². The zero-order chi connectivity index (χ0) is 18.8. The van der Waals surface area contributed by atoms with Crippen molar-refractivity contribution in [2.45, 2.75) is 46.1 Å². The fraction of sp³-hybridized carbons (Fsp3) is 0.476. The van der Waals surface area contributed by atoms with Gasteiger partial charge in [-0.3, -0.25) is 0 Å². The van der Waals surface area contributed by atoms with Gasteiger partial charge in [-0.2, -0.15) is 4.98 Å². The van der Waals surface area contributed by atoms with Gasteiger partial charge in [0.1, 0.15) is 5.69 Å². The molecule has 1 aliphatic heterocycles. The molecule has 2 aromatic heterocycles. The van der Waals surface area contributed by atoms with Crippen molar-refractivity contribution in [1.29, 1.82) is 0 Å². The normalized spacial score (nSPS) is 31.6. The number of nitrogens with zero attached hydrogens (tertiary/aromatic N) is 3. The molecule has 3 N–H and O–H groups in total. The molecule has 0 unspecified atom stereocenters. The lowest BCUT2D eigenvalue weighted by Gasteiger charge is -2.39. The van der Waals surface area contributed by atoms with Gasteiger partial charge in [0.05, 0.1) is 0 Å². The van der Waals surface area contributed by atoms with Crippen LogP contribution in [0.25, 0.3) is 11.6 Å². The SMILES string of the molecule is CC1(C)[C@@H]2CC[C@@]1(C)[C@@H](Nc1nc(O)c(C=C3C=Nc4ncccc43)[nH]1)C2. The standard InChI is InChI=1S/C21H25N5O/c1-20(2)13-6-7-21(20,3)16(10-13)25-19-24-15(18(27)26-19)9-12-11-23-17-14(12)5-4-8-22-17/h4-5,8-9,11,13,16,27H,6-7,10H2,1-3H3,(H2,24,25,26)/t13-,16+,21+/m1/s1. The topological polar surface area (TPSA) is 86.2 Å². The van der Waals surface area contributed by atoms with Crippen LogP contribution in [0.15, 0.2) is 23.3 Å². The Bertz CT molecular complexity index is 973. The molecular formula is C21H25N5O. The van der Waals surface area contributed by atoms with Crippen molar-refractivity contribution in [3.8, 4) is 5.88 Å². The van der Waals surface area contributed by atoms with Crippen LogP contribution in [0, 0.1) is 16.7 Å². The third-order valence-corrected chi connectivity index (χ3v) is 7.54. The maximum atomic E-state index is 10.3. The molecule has 2 aliphatic carbocycles. The number of pyridine rings is 1. The Labute approximate surface area is 158 Å². The van der Waals surface area contributed by atoms with E-state index in [0.717, 1.165) is 23.5 Å². The predicted octanol–water partition coefficient (Wildman–Crippen LogP) is 4.39. The molecule has 5 rings (SSSR count). The first-order valence-corrected chi connectivity index (χ1v) is 9.65. The molecule has 140 valence electrons. The molecule has 0 saturated heterocycles. The Kier molecular flexibility index (Phi) is 3.33. The molecule has 0 aromatic carbocycles. The van der Waals surface area contributed by atoms with Gasteiger partial charge in [-0.15, -0.1) is 0 Å². The number of aromatic amines is 1. The number of imidazole rings is 1. The Morgan fingerprint density at radius 2 is 2.19 bits per heavy atom. The first-order valence-electron chi connectivity index (χ1n) is 9.65. The van der Waals surface area contributed by atoms with E-state index in [9.17, 15) is 5.11 Å². The highest BCUT2D eigenvalue weighted by Gasteiger charge is 2.61. The van der Waals surface area contributed by atoms with E-state index in [1.165, 1.54) is 12.8 Å². The van der Waals surface area contributed by atoms with Gasteiger partial charge in [-0.05, 0) is 54.2 Å². The minimum atomic E-state index is 0.00306. The highest BCUT2D eigenvalue weighted by Crippen LogP contribution is 2.65. The number of aromatic nitrogens is 3. The number of aromatic hydroxyl groups is 1. The first-order chi connectivity index (χ1) is 12.9. The summed E-state index contributed by atoms with van der Waals surface area (Å²) < 4.78 is 0. The largest absolute Gasteiger partial charge is 0.492 e. The number of hydrogen-bond acceptors (Lipinski definition) is 5. The summed E-state index contributed by atoms with van der Waals surface area (Å²) in [5, 5.41) is 13.9. The van der Waals surface area contributed by atoms with E-state index < -0.39 is 0 Å². The van der Waals surface area contributed by atoms with Gasteiger partial charge < -0.3 is 15.4 Å². The summed E-state index contributed by atoms with van der Waals surface area (Å²) in [5.41, 5.74) is 3.05. The maximum absolute atomic E-state index is 10.3. The summed E-state index contributed by atoms with van der Waals surface area (Å²) in [5.74, 6) is 2.10. The fourth-order valence-corrected chi connectivity index (χ4v) is 5.33. The summed E-state index contributed by atoms with van der Waals surface area (Å²) in [6.45, 7) is 7.18. The van der Waals surface area contributed by atoms with Crippen molar-refractivity contribution in [2.75, 3.05) is 5.32 Å². The van der Waals surface area contributed by atoms with E-state index in [1.54, 1.807) is 12.4 Å². The number of fused-ring (bicyclic) bond motifs is 3. The molecule has 3 aliphatic rings. The Morgan fingerprint density at radius 1 is 1.33 bits per heavy atom. The van der Waals surface area contributed by atoms with Crippen molar-refractivity contribution >= 4 is 29.6 Å². The number of nitrogens with one attached hydrogen (secondary N) is 2. The van der Waals surface area contributed by atoms with Gasteiger partial charge in [0.15, 0.2) is 5.82 Å². The third kappa shape index (κ3) is 2.28. The maximum Gasteiger partial charge on any atom is 0.238 e. The van der Waals surface area contributed by atoms with Crippen LogP contribution in [-0.4, -0.2) is 32.3 Å². The van der Waals surface area contributed by atoms with E-state index in [0.29, 0.717) is 28.9 Å². The average Bonchev–Trinajstić information content (AvgIpc) is 3.30. The third-order valence-electron chi connectivity index (χ3n) is 7.54. The van der Waals surface area contributed by atoms with Crippen molar-refractivity contribution in [3.63, 3.8) is 0 Å². The second-order valence-corrected chi connectivity index (χ2v) is 8.86. The number of anilines is 1. The molecule has 3 heterocycles. The summed E-state index contributed by atoms with van der Waals surface area (Å²) in [6, 6.07) is 4.24. The van der Waals surface area contributed by atoms with Gasteiger partial charge in [0.2, 0.25) is 11.8 Å². The van der Waals surface area contributed by atoms with E-state index in [4.69, 9.17) is 0 Å². The van der Waals surface area contributed by atoms with Crippen LogP contribution in [0.5, 0.6) is 5.88 Å². The molecule has 2 saturated carbocycles. The molecule has 2 bridgehead atoms. The molecule has 27 heavy (non-hydrogen) atoms. The molecule has 6 nitrogen and oxygen atoms in total. The first kappa shape index (κ1) is 16.5. The molecular weight excluding hydrogens is 338 g/mol. The fourth-order valence-electron chi connectivity index (χ4n) is 5.33. The zero-order valence-electron chi connectivity index (χ0n) is 16.0. The van der Waals surface area contributed by atoms with Crippen LogP contribution in [0.3, 0.4) is 0 Å². The molecule has 0 spiro atoms. The summed E-state index contributed by atoms with van der Waals surface area (Å²) in [7, 11) is 0. The van der Waals surface area contributed by atoms with Crippen LogP contribution in [0.1, 0.15) is 51.3 Å². The molecule has 2 aromatic rings. The lowest BCUT2D eigenvalue weighted by molar-refractivity contribution is 0.142. The molecule has 2 fully saturated rings. The Hall–Kier alpha value is -2.63. The minimum absolute atomic E-state index is 0.00306. The van der Waals surface area contributed by atoms with Crippen LogP contribution < -0.4 is 5.32 Å². The second kappa shape index (κ2) is 5.44. The summed E-state index contributed by atoms with van der Waals surface area (Å²) in [6.07, 6.45) is 9.09. The highest BCUT2D eigenvalue weighted by atomic mass is 16.3. The number of allylic oxidation sites excluding steroid dienone is 1. The van der Waals surface area contributed by atoms with Gasteiger partial charge in [0.25, 0.3) is 0 Å². The van der Waals surface area contributed by atoms with Gasteiger partial charge >= 0.3 is 0 Å². The quantitative estimate of drug-likeness (QED) is 0.755. The van der Waals surface area contributed by atoms with E-state index in [-0.39, 0.29) is 11.3 Å². The molecule has 3 atom stereocenters. The van der Waals surface area contributed by atoms with Crippen LogP contribution in [-0.2, 0) is 0 Å². The number of aliphatic imine (C=N–C) groups is 1. The smallest absolute Gasteiger partial charge is 0.238 e. The van der Waals surface area contributed by atoms with Gasteiger partial charge in [-0.1, -0.05) is 20.8 Å². The average molecular weight is 363 g/mol. The minimum Gasteiger partial charge on any atom is -0.492 e. The van der Waals surface area contributed by atoms with Crippen LogP contribution in [0.2, 0.25) is 0 Å². The Morgan fingerprint density at radius 3 is 2.93 bits per heavy atom. The molecule has 0 amide bonds. The monoisotopic (exact) mass is 363 g/mol. The van der Waals surface area contributed by atoms with Gasteiger partial charge in [0, 0.05) is 29.6 Å². The Balaban J connectivity index is 1.41. The van der Waals surface area contributed by atoms with Crippen molar-refractivity contribution < 1.29 is 5.11 Å². The van der Waals surface area contributed by atoms with Crippen LogP contribution in [0.4, 0.5) is 11.8 Å². The second-order valence-electron chi connectivity index (χ2n) is 8.86. The molecule has 0 radical (unpaired) electrons. The van der Waals surface area contributed by atoms with Crippen molar-refractivity contribution in [2.24, 2.45) is 21.7 Å². The highest BCUT2D eigenvalue weighted by molar-refractivity contribution is 6.20. The summed E-state index contributed by atoms with van der Waals surface area (Å²) >= 11 is 0. The van der Waals surface area contributed by atoms with E-state index >= 15 is 0 Å². The number of rotatable bonds is 3. The lowest BCUT2D eigenvalue weighted by Crippen LogP contribution is -2.40. The zero-order valence-corrected chi connectivity index (χ0v) is 16.0. The van der Waals surface area contributed by atoms with Crippen molar-refractivity contribution in [3.05, 3.63) is 29.6 Å². The lowest BCUT2D eigenvalue weighted by atomic mass is 9.69. The van der Waals surface area contributed by atoms with Crippen molar-refractivity contribution in [1.82, 2.24) is 15.0 Å².